The first-order valence-electron chi connectivity index (χ1n) is 11.5. The monoisotopic (exact) mass is 364 g/mol. The summed E-state index contributed by atoms with van der Waals surface area (Å²) in [5.41, 5.74) is 0. The third-order valence-electron chi connectivity index (χ3n) is 5.10. The molecule has 0 amide bonds. The van der Waals surface area contributed by atoms with Crippen LogP contribution in [0.4, 0.5) is 0 Å². The maximum Gasteiger partial charge on any atom is 0.381 e. The van der Waals surface area contributed by atoms with E-state index in [4.69, 9.17) is 5.11 Å². The second-order valence-corrected chi connectivity index (χ2v) is 7.72. The van der Waals surface area contributed by atoms with Gasteiger partial charge >= 0.3 is 5.97 Å². The highest BCUT2D eigenvalue weighted by Gasteiger charge is 1.95. The summed E-state index contributed by atoms with van der Waals surface area (Å²) in [6.07, 6.45) is 26.9. The van der Waals surface area contributed by atoms with Crippen molar-refractivity contribution in [3.8, 4) is 11.8 Å². The highest BCUT2D eigenvalue weighted by atomic mass is 16.4. The largest absolute Gasteiger partial charge is 0.472 e. The molecule has 0 atom stereocenters. The summed E-state index contributed by atoms with van der Waals surface area (Å²) in [4.78, 5) is 10.2. The van der Waals surface area contributed by atoms with Crippen LogP contribution in [0.1, 0.15) is 135 Å². The molecule has 0 saturated heterocycles. The van der Waals surface area contributed by atoms with Crippen LogP contribution >= 0.6 is 0 Å². The standard InChI is InChI=1S/C24H44O2/c1-2-3-4-5-6-7-8-9-10-11-12-13-14-15-16-17-18-19-20-21-22-23-24(25)26/h2-21H2,1H3,(H,25,26). The molecule has 0 aromatic heterocycles. The fourth-order valence-corrected chi connectivity index (χ4v) is 3.43. The van der Waals surface area contributed by atoms with E-state index in [1.807, 2.05) is 0 Å². The predicted molar refractivity (Wildman–Crippen MR) is 113 cm³/mol. The van der Waals surface area contributed by atoms with Gasteiger partial charge in [-0.15, -0.1) is 0 Å². The molecule has 0 aromatic carbocycles. The highest BCUT2D eigenvalue weighted by Crippen LogP contribution is 2.14. The van der Waals surface area contributed by atoms with Crippen LogP contribution in [0.3, 0.4) is 0 Å². The first-order valence-corrected chi connectivity index (χ1v) is 11.5. The van der Waals surface area contributed by atoms with Gasteiger partial charge in [0.1, 0.15) is 0 Å². The van der Waals surface area contributed by atoms with Gasteiger partial charge in [-0.3, -0.25) is 0 Å². The molecule has 152 valence electrons. The van der Waals surface area contributed by atoms with Crippen molar-refractivity contribution in [3.05, 3.63) is 0 Å². The van der Waals surface area contributed by atoms with Crippen LogP contribution in [-0.4, -0.2) is 11.1 Å². The normalized spacial score (nSPS) is 10.5. The average molecular weight is 365 g/mol. The lowest BCUT2D eigenvalue weighted by Gasteiger charge is -2.03. The molecule has 26 heavy (non-hydrogen) atoms. The van der Waals surface area contributed by atoms with Crippen LogP contribution in [0.2, 0.25) is 0 Å². The lowest BCUT2D eigenvalue weighted by Crippen LogP contribution is -1.86. The molecular formula is C24H44O2. The Morgan fingerprint density at radius 3 is 1.19 bits per heavy atom. The second kappa shape index (κ2) is 22.1. The van der Waals surface area contributed by atoms with E-state index in [0.29, 0.717) is 0 Å². The van der Waals surface area contributed by atoms with E-state index in [0.717, 1.165) is 12.8 Å². The average Bonchev–Trinajstić information content (AvgIpc) is 2.62. The molecule has 0 rings (SSSR count). The van der Waals surface area contributed by atoms with E-state index in [9.17, 15) is 4.79 Å². The molecular weight excluding hydrogens is 320 g/mol. The van der Waals surface area contributed by atoms with E-state index in [2.05, 4.69) is 18.8 Å². The van der Waals surface area contributed by atoms with Gasteiger partial charge in [0.05, 0.1) is 0 Å². The first kappa shape index (κ1) is 25.0. The minimum Gasteiger partial charge on any atom is -0.472 e. The number of hydrogen-bond acceptors (Lipinski definition) is 1. The van der Waals surface area contributed by atoms with Crippen LogP contribution in [0.25, 0.3) is 0 Å². The molecule has 0 spiro atoms. The Hall–Kier alpha value is -0.970. The minimum absolute atomic E-state index is 0.727. The van der Waals surface area contributed by atoms with Crippen molar-refractivity contribution in [2.75, 3.05) is 0 Å². The Morgan fingerprint density at radius 1 is 0.577 bits per heavy atom. The number of carbonyl (C=O) groups is 1. The van der Waals surface area contributed by atoms with Crippen LogP contribution < -0.4 is 0 Å². The van der Waals surface area contributed by atoms with Crippen LogP contribution in [0.15, 0.2) is 0 Å². The number of carboxylic acids is 1. The van der Waals surface area contributed by atoms with Gasteiger partial charge in [-0.1, -0.05) is 128 Å². The maximum absolute atomic E-state index is 10.2. The van der Waals surface area contributed by atoms with E-state index >= 15 is 0 Å². The molecule has 2 heteroatoms. The van der Waals surface area contributed by atoms with Crippen molar-refractivity contribution >= 4 is 5.97 Å². The summed E-state index contributed by atoms with van der Waals surface area (Å²) in [5.74, 6) is 3.85. The predicted octanol–water partition coefficient (Wildman–Crippen LogP) is 7.90. The minimum atomic E-state index is -1.01. The molecule has 0 aliphatic rings. The van der Waals surface area contributed by atoms with Gasteiger partial charge in [-0.2, -0.15) is 0 Å². The molecule has 2 nitrogen and oxygen atoms in total. The number of aliphatic carboxylic acids is 1. The van der Waals surface area contributed by atoms with E-state index in [1.165, 1.54) is 116 Å². The van der Waals surface area contributed by atoms with Crippen molar-refractivity contribution in [2.24, 2.45) is 0 Å². The lowest BCUT2D eigenvalue weighted by molar-refractivity contribution is -0.130. The van der Waals surface area contributed by atoms with E-state index in [1.54, 1.807) is 0 Å². The number of unbranched alkanes of at least 4 members (excludes halogenated alkanes) is 19. The van der Waals surface area contributed by atoms with Gasteiger partial charge in [0.15, 0.2) is 0 Å². The molecule has 0 aliphatic heterocycles. The van der Waals surface area contributed by atoms with Gasteiger partial charge in [-0.25, -0.2) is 4.79 Å². The SMILES string of the molecule is CCCCCCCCCCCCCCCCCCCCCC#CC(=O)O. The molecule has 0 fully saturated rings. The van der Waals surface area contributed by atoms with Gasteiger partial charge < -0.3 is 5.11 Å². The van der Waals surface area contributed by atoms with E-state index < -0.39 is 5.97 Å². The molecule has 0 aromatic rings. The molecule has 0 saturated carbocycles. The van der Waals surface area contributed by atoms with Crippen molar-refractivity contribution < 1.29 is 9.90 Å². The zero-order valence-electron chi connectivity index (χ0n) is 17.5. The Morgan fingerprint density at radius 2 is 0.885 bits per heavy atom. The van der Waals surface area contributed by atoms with Gasteiger partial charge in [0.25, 0.3) is 0 Å². The summed E-state index contributed by atoms with van der Waals surface area (Å²) in [6.45, 7) is 2.28. The van der Waals surface area contributed by atoms with E-state index in [-0.39, 0.29) is 0 Å². The topological polar surface area (TPSA) is 37.3 Å². The Labute approximate surface area is 163 Å². The molecule has 0 heterocycles. The van der Waals surface area contributed by atoms with Crippen molar-refractivity contribution in [3.63, 3.8) is 0 Å². The van der Waals surface area contributed by atoms with Crippen molar-refractivity contribution in [2.45, 2.75) is 135 Å². The lowest BCUT2D eigenvalue weighted by atomic mass is 10.0. The van der Waals surface area contributed by atoms with Gasteiger partial charge in [-0.05, 0) is 6.42 Å². The molecule has 0 bridgehead atoms. The zero-order chi connectivity index (χ0) is 19.1. The van der Waals surface area contributed by atoms with Crippen molar-refractivity contribution in [1.29, 1.82) is 0 Å². The third-order valence-corrected chi connectivity index (χ3v) is 5.10. The van der Waals surface area contributed by atoms with Crippen LogP contribution in [0, 0.1) is 11.8 Å². The quantitative estimate of drug-likeness (QED) is 0.187. The van der Waals surface area contributed by atoms with Crippen LogP contribution in [0.5, 0.6) is 0 Å². The smallest absolute Gasteiger partial charge is 0.381 e. The summed E-state index contributed by atoms with van der Waals surface area (Å²) in [6, 6.07) is 0. The number of carboxylic acid groups (broad SMARTS) is 1. The summed E-state index contributed by atoms with van der Waals surface area (Å²) < 4.78 is 0. The zero-order valence-corrected chi connectivity index (χ0v) is 17.5. The molecule has 0 radical (unpaired) electrons. The van der Waals surface area contributed by atoms with Gasteiger partial charge in [0.2, 0.25) is 0 Å². The second-order valence-electron chi connectivity index (χ2n) is 7.72. The summed E-state index contributed by atoms with van der Waals surface area (Å²) >= 11 is 0. The maximum atomic E-state index is 10.2. The highest BCUT2D eigenvalue weighted by molar-refractivity contribution is 5.86. The van der Waals surface area contributed by atoms with Gasteiger partial charge in [0, 0.05) is 12.3 Å². The first-order chi connectivity index (χ1) is 12.8. The molecule has 0 aliphatic carbocycles. The fourth-order valence-electron chi connectivity index (χ4n) is 3.43. The Bertz CT molecular complexity index is 351. The number of rotatable bonds is 19. The third kappa shape index (κ3) is 23.0. The summed E-state index contributed by atoms with van der Waals surface area (Å²) in [5, 5.41) is 8.40. The number of hydrogen-bond donors (Lipinski definition) is 1. The summed E-state index contributed by atoms with van der Waals surface area (Å²) in [7, 11) is 0. The fraction of sp³-hybridized carbons (Fsp3) is 0.875. The Balaban J connectivity index is 3.03. The van der Waals surface area contributed by atoms with Crippen molar-refractivity contribution in [1.82, 2.24) is 0 Å². The molecule has 0 unspecified atom stereocenters. The van der Waals surface area contributed by atoms with Crippen LogP contribution in [-0.2, 0) is 4.79 Å². The Kier molecular flexibility index (Phi) is 21.2. The molecule has 1 N–H and O–H groups in total.